The molecule has 0 atom stereocenters. The molecule has 0 unspecified atom stereocenters. The summed E-state index contributed by atoms with van der Waals surface area (Å²) in [6, 6.07) is 0. The number of hydrogen-bond donors (Lipinski definition) is 1. The molecule has 0 aromatic heterocycles. The summed E-state index contributed by atoms with van der Waals surface area (Å²) in [4.78, 5) is 3.59. The van der Waals surface area contributed by atoms with E-state index in [0.29, 0.717) is 5.92 Å². The number of rotatable bonds is 3. The molecule has 0 saturated carbocycles. The standard InChI is InChI=1S/C10H24N2Si/c1-9(2)8-11-13(6,7)12-10(3,4)5/h8-9,12H,1-7H3/b11-8+. The first-order chi connectivity index (χ1) is 5.62. The molecule has 0 amide bonds. The highest BCUT2D eigenvalue weighted by Gasteiger charge is 2.25. The van der Waals surface area contributed by atoms with E-state index in [4.69, 9.17) is 0 Å². The van der Waals surface area contributed by atoms with Crippen molar-refractivity contribution in [1.82, 2.24) is 4.98 Å². The Bertz CT molecular complexity index is 178. The van der Waals surface area contributed by atoms with Crippen molar-refractivity contribution < 1.29 is 0 Å². The van der Waals surface area contributed by atoms with Crippen LogP contribution in [0.2, 0.25) is 13.1 Å². The van der Waals surface area contributed by atoms with E-state index in [-0.39, 0.29) is 5.54 Å². The van der Waals surface area contributed by atoms with Crippen molar-refractivity contribution in [2.45, 2.75) is 53.3 Å². The molecule has 3 heteroatoms. The van der Waals surface area contributed by atoms with Crippen LogP contribution in [-0.4, -0.2) is 20.2 Å². The fraction of sp³-hybridized carbons (Fsp3) is 0.900. The summed E-state index contributed by atoms with van der Waals surface area (Å²) >= 11 is 0. The third-order valence-electron chi connectivity index (χ3n) is 1.38. The van der Waals surface area contributed by atoms with Crippen LogP contribution in [-0.2, 0) is 0 Å². The maximum Gasteiger partial charge on any atom is 0.247 e. The monoisotopic (exact) mass is 200 g/mol. The lowest BCUT2D eigenvalue weighted by atomic mass is 10.1. The summed E-state index contributed by atoms with van der Waals surface area (Å²) in [6.07, 6.45) is 2.06. The molecule has 0 aliphatic rings. The van der Waals surface area contributed by atoms with Gasteiger partial charge in [-0.1, -0.05) is 13.8 Å². The topological polar surface area (TPSA) is 24.4 Å². The van der Waals surface area contributed by atoms with Gasteiger partial charge in [-0.2, -0.15) is 0 Å². The van der Waals surface area contributed by atoms with Crippen molar-refractivity contribution in [2.24, 2.45) is 10.6 Å². The minimum atomic E-state index is -1.58. The third kappa shape index (κ3) is 8.18. The van der Waals surface area contributed by atoms with Crippen molar-refractivity contribution in [1.29, 1.82) is 0 Å². The van der Waals surface area contributed by atoms with Crippen LogP contribution < -0.4 is 4.98 Å². The molecule has 2 nitrogen and oxygen atoms in total. The minimum Gasteiger partial charge on any atom is -0.315 e. The van der Waals surface area contributed by atoms with Crippen LogP contribution in [0.1, 0.15) is 34.6 Å². The molecule has 0 heterocycles. The summed E-state index contributed by atoms with van der Waals surface area (Å²) in [7, 11) is -1.58. The van der Waals surface area contributed by atoms with Gasteiger partial charge in [0.2, 0.25) is 8.40 Å². The van der Waals surface area contributed by atoms with Gasteiger partial charge in [0.15, 0.2) is 0 Å². The van der Waals surface area contributed by atoms with Crippen molar-refractivity contribution >= 4 is 14.6 Å². The van der Waals surface area contributed by atoms with Gasteiger partial charge >= 0.3 is 0 Å². The van der Waals surface area contributed by atoms with Gasteiger partial charge in [-0.05, 0) is 46.0 Å². The van der Waals surface area contributed by atoms with Crippen LogP contribution in [0.25, 0.3) is 0 Å². The normalized spacial score (nSPS) is 14.5. The molecule has 0 bridgehead atoms. The van der Waals surface area contributed by atoms with Crippen LogP contribution in [0.5, 0.6) is 0 Å². The SMILES string of the molecule is CC(C)/C=N/[Si](C)(C)NC(C)(C)C. The minimum absolute atomic E-state index is 0.171. The van der Waals surface area contributed by atoms with Gasteiger partial charge in [0.1, 0.15) is 0 Å². The predicted molar refractivity (Wildman–Crippen MR) is 63.7 cm³/mol. The fourth-order valence-corrected chi connectivity index (χ4v) is 3.86. The van der Waals surface area contributed by atoms with Gasteiger partial charge in [-0.15, -0.1) is 0 Å². The van der Waals surface area contributed by atoms with Gasteiger partial charge in [-0.3, -0.25) is 0 Å². The molecule has 0 saturated heterocycles. The molecule has 0 rings (SSSR count). The highest BCUT2D eigenvalue weighted by Crippen LogP contribution is 2.08. The van der Waals surface area contributed by atoms with Crippen LogP contribution in [0.4, 0.5) is 0 Å². The van der Waals surface area contributed by atoms with Crippen molar-refractivity contribution in [3.8, 4) is 0 Å². The van der Waals surface area contributed by atoms with Gasteiger partial charge in [0.25, 0.3) is 0 Å². The Balaban J connectivity index is 4.24. The Labute approximate surface area is 84.0 Å². The molecule has 0 aromatic carbocycles. The molecule has 78 valence electrons. The largest absolute Gasteiger partial charge is 0.315 e. The highest BCUT2D eigenvalue weighted by molar-refractivity contribution is 6.74. The zero-order chi connectivity index (χ0) is 10.7. The predicted octanol–water partition coefficient (Wildman–Crippen LogP) is 2.80. The molecular weight excluding hydrogens is 176 g/mol. The maximum absolute atomic E-state index is 4.64. The van der Waals surface area contributed by atoms with Crippen LogP contribution >= 0.6 is 0 Å². The van der Waals surface area contributed by atoms with E-state index in [1.54, 1.807) is 0 Å². The van der Waals surface area contributed by atoms with Gasteiger partial charge in [0, 0.05) is 5.54 Å². The maximum atomic E-state index is 4.64. The molecule has 0 aromatic rings. The molecule has 1 N–H and O–H groups in total. The highest BCUT2D eigenvalue weighted by atomic mass is 28.3. The quantitative estimate of drug-likeness (QED) is 0.550. The number of nitrogens with zero attached hydrogens (tertiary/aromatic N) is 1. The average Bonchev–Trinajstić information content (AvgIpc) is 1.78. The molecule has 0 spiro atoms. The van der Waals surface area contributed by atoms with E-state index in [1.165, 1.54) is 0 Å². The smallest absolute Gasteiger partial charge is 0.247 e. The third-order valence-corrected chi connectivity index (χ3v) is 3.53. The van der Waals surface area contributed by atoms with Crippen LogP contribution in [0.15, 0.2) is 4.66 Å². The summed E-state index contributed by atoms with van der Waals surface area (Å²) in [5.41, 5.74) is 0.171. The first-order valence-corrected chi connectivity index (χ1v) is 7.92. The number of nitrogens with one attached hydrogen (secondary N) is 1. The van der Waals surface area contributed by atoms with E-state index in [2.05, 4.69) is 63.6 Å². The summed E-state index contributed by atoms with van der Waals surface area (Å²) in [5, 5.41) is 0. The Morgan fingerprint density at radius 3 is 2.00 bits per heavy atom. The van der Waals surface area contributed by atoms with E-state index in [0.717, 1.165) is 0 Å². The van der Waals surface area contributed by atoms with E-state index >= 15 is 0 Å². The molecule has 13 heavy (non-hydrogen) atoms. The van der Waals surface area contributed by atoms with Gasteiger partial charge in [-0.25, -0.2) is 0 Å². The molecular formula is C10H24N2Si. The lowest BCUT2D eigenvalue weighted by Gasteiger charge is -2.29. The first-order valence-electron chi connectivity index (χ1n) is 4.97. The molecule has 0 aliphatic carbocycles. The lowest BCUT2D eigenvalue weighted by molar-refractivity contribution is 0.512. The molecule has 0 radical (unpaired) electrons. The second kappa shape index (κ2) is 4.38. The van der Waals surface area contributed by atoms with Crippen molar-refractivity contribution in [3.63, 3.8) is 0 Å². The van der Waals surface area contributed by atoms with E-state index in [1.807, 2.05) is 0 Å². The Hall–Kier alpha value is -0.153. The zero-order valence-electron chi connectivity index (χ0n) is 10.1. The van der Waals surface area contributed by atoms with Crippen LogP contribution in [0.3, 0.4) is 0 Å². The van der Waals surface area contributed by atoms with E-state index in [9.17, 15) is 0 Å². The Kier molecular flexibility index (Phi) is 4.32. The zero-order valence-corrected chi connectivity index (χ0v) is 11.1. The Morgan fingerprint density at radius 2 is 1.69 bits per heavy atom. The average molecular weight is 200 g/mol. The lowest BCUT2D eigenvalue weighted by Crippen LogP contribution is -2.53. The Morgan fingerprint density at radius 1 is 1.23 bits per heavy atom. The van der Waals surface area contributed by atoms with Crippen molar-refractivity contribution in [2.75, 3.05) is 0 Å². The van der Waals surface area contributed by atoms with E-state index < -0.39 is 8.40 Å². The summed E-state index contributed by atoms with van der Waals surface area (Å²) < 4.78 is 4.64. The fourth-order valence-electron chi connectivity index (χ4n) is 1.29. The van der Waals surface area contributed by atoms with Crippen molar-refractivity contribution in [3.05, 3.63) is 0 Å². The number of hydrogen-bond acceptors (Lipinski definition) is 2. The second-order valence-corrected chi connectivity index (χ2v) is 9.08. The first kappa shape index (κ1) is 12.8. The summed E-state index contributed by atoms with van der Waals surface area (Å²) in [5.74, 6) is 0.550. The summed E-state index contributed by atoms with van der Waals surface area (Å²) in [6.45, 7) is 15.3. The van der Waals surface area contributed by atoms with Crippen LogP contribution in [0, 0.1) is 5.92 Å². The van der Waals surface area contributed by atoms with Gasteiger partial charge in [0.05, 0.1) is 0 Å². The molecule has 0 fully saturated rings. The second-order valence-electron chi connectivity index (χ2n) is 5.46. The molecule has 0 aliphatic heterocycles. The van der Waals surface area contributed by atoms with Gasteiger partial charge < -0.3 is 9.64 Å².